The number of hydrogen-bond acceptors (Lipinski definition) is 5. The van der Waals surface area contributed by atoms with Crippen molar-refractivity contribution in [2.45, 2.75) is 6.92 Å². The highest BCUT2D eigenvalue weighted by Gasteiger charge is 2.12. The van der Waals surface area contributed by atoms with E-state index in [4.69, 9.17) is 4.74 Å². The van der Waals surface area contributed by atoms with Gasteiger partial charge in [0.05, 0.1) is 11.5 Å². The number of carbonyl (C=O) groups excluding carboxylic acids is 1. The smallest absolute Gasteiger partial charge is 0.269 e. The van der Waals surface area contributed by atoms with Crippen LogP contribution in [0.25, 0.3) is 11.8 Å². The monoisotopic (exact) mass is 402 g/mol. The molecule has 0 fully saturated rings. The Morgan fingerprint density at radius 2 is 1.90 bits per heavy atom. The predicted octanol–water partition coefficient (Wildman–Crippen LogP) is 4.33. The summed E-state index contributed by atoms with van der Waals surface area (Å²) in [6.45, 7) is 2.42. The van der Waals surface area contributed by atoms with Crippen molar-refractivity contribution >= 4 is 23.4 Å². The first kappa shape index (κ1) is 20.4. The van der Waals surface area contributed by atoms with Gasteiger partial charge in [0.1, 0.15) is 17.4 Å². The quantitative estimate of drug-likeness (QED) is 0.274. The van der Waals surface area contributed by atoms with Gasteiger partial charge in [-0.15, -0.1) is 0 Å². The van der Waals surface area contributed by atoms with E-state index in [0.29, 0.717) is 29.4 Å². The Hall–Kier alpha value is -4.38. The number of carbonyl (C=O) groups is 1. The first-order valence-electron chi connectivity index (χ1n) is 9.10. The van der Waals surface area contributed by atoms with Gasteiger partial charge in [-0.1, -0.05) is 0 Å². The first-order valence-corrected chi connectivity index (χ1v) is 9.10. The van der Waals surface area contributed by atoms with Crippen LogP contribution in [0.1, 0.15) is 12.6 Å². The minimum atomic E-state index is -0.543. The molecular formula is C22H18N4O4. The van der Waals surface area contributed by atoms with Gasteiger partial charge in [0.15, 0.2) is 0 Å². The standard InChI is InChI=1S/C22H18N4O4/c1-2-30-21-11-5-17(6-12-21)24-22(27)16(15-23)14-20-4-3-13-25(20)18-7-9-19(10-8-18)26(28)29/h3-14H,2H2,1H3,(H,24,27)/b16-14-. The summed E-state index contributed by atoms with van der Waals surface area (Å²) in [6.07, 6.45) is 3.21. The fourth-order valence-corrected chi connectivity index (χ4v) is 2.78. The molecule has 0 saturated heterocycles. The molecule has 1 aromatic heterocycles. The van der Waals surface area contributed by atoms with Crippen LogP contribution >= 0.6 is 0 Å². The lowest BCUT2D eigenvalue weighted by Gasteiger charge is -2.08. The summed E-state index contributed by atoms with van der Waals surface area (Å²) >= 11 is 0. The average molecular weight is 402 g/mol. The van der Waals surface area contributed by atoms with Crippen molar-refractivity contribution in [3.63, 3.8) is 0 Å². The van der Waals surface area contributed by atoms with Gasteiger partial charge in [-0.3, -0.25) is 14.9 Å². The number of non-ortho nitro benzene ring substituents is 1. The lowest BCUT2D eigenvalue weighted by molar-refractivity contribution is -0.384. The summed E-state index contributed by atoms with van der Waals surface area (Å²) in [5, 5.41) is 23.0. The molecule has 0 aliphatic rings. The molecule has 0 aliphatic heterocycles. The second-order valence-corrected chi connectivity index (χ2v) is 6.16. The maximum Gasteiger partial charge on any atom is 0.269 e. The molecule has 150 valence electrons. The van der Waals surface area contributed by atoms with Crippen molar-refractivity contribution in [1.29, 1.82) is 5.26 Å². The number of nitro benzene ring substituents is 1. The third kappa shape index (κ3) is 4.72. The molecule has 0 aliphatic carbocycles. The van der Waals surface area contributed by atoms with Crippen LogP contribution in [-0.4, -0.2) is 22.0 Å². The number of rotatable bonds is 7. The van der Waals surface area contributed by atoms with Gasteiger partial charge in [0.25, 0.3) is 11.6 Å². The lowest BCUT2D eigenvalue weighted by Crippen LogP contribution is -2.13. The second kappa shape index (κ2) is 9.21. The van der Waals surface area contributed by atoms with E-state index in [1.807, 2.05) is 13.0 Å². The van der Waals surface area contributed by atoms with Gasteiger partial charge >= 0.3 is 0 Å². The lowest BCUT2D eigenvalue weighted by atomic mass is 10.2. The number of ether oxygens (including phenoxy) is 1. The van der Waals surface area contributed by atoms with Crippen LogP contribution in [0.15, 0.2) is 72.4 Å². The van der Waals surface area contributed by atoms with E-state index in [0.717, 1.165) is 0 Å². The van der Waals surface area contributed by atoms with Crippen LogP contribution in [0.4, 0.5) is 11.4 Å². The molecule has 8 nitrogen and oxygen atoms in total. The van der Waals surface area contributed by atoms with Gasteiger partial charge in [-0.25, -0.2) is 0 Å². The summed E-state index contributed by atoms with van der Waals surface area (Å²) in [4.78, 5) is 22.9. The fraction of sp³-hybridized carbons (Fsp3) is 0.0909. The zero-order chi connectivity index (χ0) is 21.5. The van der Waals surface area contributed by atoms with Crippen LogP contribution in [-0.2, 0) is 4.79 Å². The van der Waals surface area contributed by atoms with Crippen molar-refractivity contribution in [1.82, 2.24) is 4.57 Å². The number of aromatic nitrogens is 1. The number of nitrogens with zero attached hydrogens (tertiary/aromatic N) is 3. The number of anilines is 1. The van der Waals surface area contributed by atoms with E-state index in [1.54, 1.807) is 59.3 Å². The number of nitro groups is 1. The van der Waals surface area contributed by atoms with Crippen molar-refractivity contribution in [2.75, 3.05) is 11.9 Å². The molecular weight excluding hydrogens is 384 g/mol. The van der Waals surface area contributed by atoms with Crippen LogP contribution in [0.3, 0.4) is 0 Å². The van der Waals surface area contributed by atoms with E-state index in [1.165, 1.54) is 18.2 Å². The van der Waals surface area contributed by atoms with Crippen LogP contribution < -0.4 is 10.1 Å². The number of hydrogen-bond donors (Lipinski definition) is 1. The van der Waals surface area contributed by atoms with Crippen molar-refractivity contribution in [2.24, 2.45) is 0 Å². The Morgan fingerprint density at radius 1 is 1.20 bits per heavy atom. The zero-order valence-electron chi connectivity index (χ0n) is 16.1. The minimum absolute atomic E-state index is 0.0181. The van der Waals surface area contributed by atoms with Crippen LogP contribution in [0, 0.1) is 21.4 Å². The van der Waals surface area contributed by atoms with E-state index in [-0.39, 0.29) is 11.3 Å². The van der Waals surface area contributed by atoms with Crippen molar-refractivity contribution in [3.8, 4) is 17.5 Å². The van der Waals surface area contributed by atoms with E-state index in [9.17, 15) is 20.2 Å². The maximum atomic E-state index is 12.5. The molecule has 0 bridgehead atoms. The molecule has 2 aromatic carbocycles. The summed E-state index contributed by atoms with van der Waals surface area (Å²) in [6, 6.07) is 18.2. The summed E-state index contributed by atoms with van der Waals surface area (Å²) in [5.74, 6) is 0.144. The Bertz CT molecular complexity index is 1120. The van der Waals surface area contributed by atoms with E-state index >= 15 is 0 Å². The normalized spacial score (nSPS) is 10.9. The topological polar surface area (TPSA) is 110 Å². The predicted molar refractivity (Wildman–Crippen MR) is 112 cm³/mol. The SMILES string of the molecule is CCOc1ccc(NC(=O)/C(C#N)=C\c2cccn2-c2ccc([N+](=O)[O-])cc2)cc1. The fourth-order valence-electron chi connectivity index (χ4n) is 2.78. The number of nitrogens with one attached hydrogen (secondary N) is 1. The molecule has 1 amide bonds. The van der Waals surface area contributed by atoms with Gasteiger partial charge in [0.2, 0.25) is 0 Å². The molecule has 1 N–H and O–H groups in total. The van der Waals surface area contributed by atoms with Gasteiger partial charge in [-0.2, -0.15) is 5.26 Å². The van der Waals surface area contributed by atoms with Gasteiger partial charge in [-0.05, 0) is 61.5 Å². The Balaban J connectivity index is 1.81. The highest BCUT2D eigenvalue weighted by Crippen LogP contribution is 2.20. The first-order chi connectivity index (χ1) is 14.5. The Morgan fingerprint density at radius 3 is 2.50 bits per heavy atom. The summed E-state index contributed by atoms with van der Waals surface area (Å²) < 4.78 is 7.09. The zero-order valence-corrected chi connectivity index (χ0v) is 16.1. The van der Waals surface area contributed by atoms with Gasteiger partial charge in [0, 0.05) is 35.4 Å². The van der Waals surface area contributed by atoms with Crippen molar-refractivity contribution in [3.05, 3.63) is 88.2 Å². The Kier molecular flexibility index (Phi) is 6.25. The third-order valence-corrected chi connectivity index (χ3v) is 4.20. The van der Waals surface area contributed by atoms with Crippen LogP contribution in [0.5, 0.6) is 5.75 Å². The molecule has 3 rings (SSSR count). The third-order valence-electron chi connectivity index (χ3n) is 4.20. The molecule has 0 radical (unpaired) electrons. The molecule has 3 aromatic rings. The van der Waals surface area contributed by atoms with Crippen molar-refractivity contribution < 1.29 is 14.5 Å². The number of amides is 1. The molecule has 30 heavy (non-hydrogen) atoms. The summed E-state index contributed by atoms with van der Waals surface area (Å²) in [5.41, 5.74) is 1.69. The molecule has 0 spiro atoms. The molecule has 0 saturated carbocycles. The molecule has 0 atom stereocenters. The molecule has 0 unspecified atom stereocenters. The van der Waals surface area contributed by atoms with Gasteiger partial charge < -0.3 is 14.6 Å². The van der Waals surface area contributed by atoms with E-state index < -0.39 is 10.8 Å². The highest BCUT2D eigenvalue weighted by atomic mass is 16.6. The van der Waals surface area contributed by atoms with Crippen LogP contribution in [0.2, 0.25) is 0 Å². The minimum Gasteiger partial charge on any atom is -0.494 e. The molecule has 8 heteroatoms. The summed E-state index contributed by atoms with van der Waals surface area (Å²) in [7, 11) is 0. The average Bonchev–Trinajstić information content (AvgIpc) is 3.21. The largest absolute Gasteiger partial charge is 0.494 e. The molecule has 1 heterocycles. The highest BCUT2D eigenvalue weighted by molar-refractivity contribution is 6.09. The maximum absolute atomic E-state index is 12.5. The number of benzene rings is 2. The second-order valence-electron chi connectivity index (χ2n) is 6.16. The Labute approximate surface area is 172 Å². The van der Waals surface area contributed by atoms with E-state index in [2.05, 4.69) is 5.32 Å². The number of nitriles is 1.